The molecule has 0 spiro atoms. The highest BCUT2D eigenvalue weighted by Crippen LogP contribution is 2.24. The second-order valence-electron chi connectivity index (χ2n) is 7.33. The molecular formula is C23H24N2O4S. The van der Waals surface area contributed by atoms with Crippen LogP contribution in [0.1, 0.15) is 38.4 Å². The van der Waals surface area contributed by atoms with E-state index in [0.717, 1.165) is 22.5 Å². The van der Waals surface area contributed by atoms with Gasteiger partial charge in [0.1, 0.15) is 10.6 Å². The van der Waals surface area contributed by atoms with Gasteiger partial charge in [0.25, 0.3) is 5.91 Å². The van der Waals surface area contributed by atoms with Gasteiger partial charge in [-0.2, -0.15) is 8.42 Å². The van der Waals surface area contributed by atoms with Crippen molar-refractivity contribution in [2.75, 3.05) is 5.32 Å². The number of aromatic nitrogens is 1. The van der Waals surface area contributed by atoms with E-state index in [9.17, 15) is 13.2 Å². The molecule has 1 heterocycles. The second-order valence-corrected chi connectivity index (χ2v) is 8.84. The standard InChI is InChI=1S/C23H24N2O4S/c1-14-6-7-15(2)21(12-14)30(27,28)29-20-10-8-19(9-11-20)23(26)25-22-16(3)13-17(4)24-18(22)5/h6-13H,1-5H3,(H,25,26). The Morgan fingerprint density at radius 2 is 1.57 bits per heavy atom. The largest absolute Gasteiger partial charge is 0.379 e. The van der Waals surface area contributed by atoms with E-state index in [0.29, 0.717) is 16.8 Å². The Morgan fingerprint density at radius 1 is 0.900 bits per heavy atom. The van der Waals surface area contributed by atoms with Crippen molar-refractivity contribution in [2.24, 2.45) is 0 Å². The third kappa shape index (κ3) is 4.68. The lowest BCUT2D eigenvalue weighted by molar-refractivity contribution is 0.102. The topological polar surface area (TPSA) is 85.4 Å². The number of carbonyl (C=O) groups excluding carboxylic acids is 1. The van der Waals surface area contributed by atoms with Crippen molar-refractivity contribution in [1.82, 2.24) is 4.98 Å². The summed E-state index contributed by atoms with van der Waals surface area (Å²) >= 11 is 0. The quantitative estimate of drug-likeness (QED) is 0.603. The Balaban J connectivity index is 1.78. The summed E-state index contributed by atoms with van der Waals surface area (Å²) in [6, 6.07) is 13.0. The number of benzene rings is 2. The molecule has 0 fully saturated rings. The van der Waals surface area contributed by atoms with E-state index in [-0.39, 0.29) is 16.6 Å². The number of rotatable bonds is 5. The van der Waals surface area contributed by atoms with E-state index >= 15 is 0 Å². The predicted molar refractivity (Wildman–Crippen MR) is 117 cm³/mol. The Bertz CT molecular complexity index is 1190. The van der Waals surface area contributed by atoms with Crippen LogP contribution in [0.5, 0.6) is 5.75 Å². The first-order chi connectivity index (χ1) is 14.1. The lowest BCUT2D eigenvalue weighted by Crippen LogP contribution is -2.15. The Kier molecular flexibility index (Phi) is 5.94. The minimum Gasteiger partial charge on any atom is -0.379 e. The van der Waals surface area contributed by atoms with Gasteiger partial charge in [-0.25, -0.2) is 0 Å². The van der Waals surface area contributed by atoms with Gasteiger partial charge < -0.3 is 9.50 Å². The van der Waals surface area contributed by atoms with Crippen LogP contribution in [0.15, 0.2) is 53.4 Å². The fraction of sp³-hybridized carbons (Fsp3) is 0.217. The van der Waals surface area contributed by atoms with Crippen molar-refractivity contribution >= 4 is 21.7 Å². The van der Waals surface area contributed by atoms with Crippen LogP contribution in [0, 0.1) is 34.6 Å². The van der Waals surface area contributed by atoms with Gasteiger partial charge in [0.2, 0.25) is 0 Å². The average molecular weight is 425 g/mol. The molecule has 0 saturated carbocycles. The third-order valence-corrected chi connectivity index (χ3v) is 6.09. The molecule has 7 heteroatoms. The number of hydrogen-bond acceptors (Lipinski definition) is 5. The molecule has 1 aromatic heterocycles. The Labute approximate surface area is 177 Å². The van der Waals surface area contributed by atoms with E-state index < -0.39 is 10.1 Å². The summed E-state index contributed by atoms with van der Waals surface area (Å²) in [5.74, 6) is -0.174. The van der Waals surface area contributed by atoms with Crippen LogP contribution in [-0.2, 0) is 10.1 Å². The van der Waals surface area contributed by atoms with Gasteiger partial charge in [0.05, 0.1) is 11.4 Å². The lowest BCUT2D eigenvalue weighted by atomic mass is 10.1. The summed E-state index contributed by atoms with van der Waals surface area (Å²) < 4.78 is 30.5. The van der Waals surface area contributed by atoms with Gasteiger partial charge in [0.15, 0.2) is 0 Å². The highest BCUT2D eigenvalue weighted by molar-refractivity contribution is 7.87. The van der Waals surface area contributed by atoms with Crippen LogP contribution >= 0.6 is 0 Å². The van der Waals surface area contributed by atoms with Crippen LogP contribution in [0.2, 0.25) is 0 Å². The van der Waals surface area contributed by atoms with Crippen LogP contribution in [0.3, 0.4) is 0 Å². The number of amides is 1. The molecule has 0 aliphatic heterocycles. The normalized spacial score (nSPS) is 11.2. The lowest BCUT2D eigenvalue weighted by Gasteiger charge is -2.13. The maximum absolute atomic E-state index is 12.6. The maximum Gasteiger partial charge on any atom is 0.339 e. The number of nitrogens with zero attached hydrogens (tertiary/aromatic N) is 1. The number of carbonyl (C=O) groups is 1. The number of hydrogen-bond donors (Lipinski definition) is 1. The minimum atomic E-state index is -3.97. The molecule has 0 unspecified atom stereocenters. The first-order valence-electron chi connectivity index (χ1n) is 9.45. The van der Waals surface area contributed by atoms with Crippen LogP contribution in [0.25, 0.3) is 0 Å². The van der Waals surface area contributed by atoms with E-state index in [1.165, 1.54) is 24.3 Å². The summed E-state index contributed by atoms with van der Waals surface area (Å²) in [7, 11) is -3.97. The van der Waals surface area contributed by atoms with Crippen molar-refractivity contribution in [1.29, 1.82) is 0 Å². The molecule has 1 amide bonds. The molecule has 3 rings (SSSR count). The van der Waals surface area contributed by atoms with E-state index in [2.05, 4.69) is 10.3 Å². The molecule has 6 nitrogen and oxygen atoms in total. The average Bonchev–Trinajstić information content (AvgIpc) is 2.66. The van der Waals surface area contributed by atoms with E-state index in [4.69, 9.17) is 4.18 Å². The van der Waals surface area contributed by atoms with Crippen LogP contribution in [0.4, 0.5) is 5.69 Å². The van der Waals surface area contributed by atoms with E-state index in [1.54, 1.807) is 19.1 Å². The summed E-state index contributed by atoms with van der Waals surface area (Å²) in [6.07, 6.45) is 0. The van der Waals surface area contributed by atoms with Crippen molar-refractivity contribution in [3.8, 4) is 5.75 Å². The number of nitrogens with one attached hydrogen (secondary N) is 1. The summed E-state index contributed by atoms with van der Waals surface area (Å²) in [5, 5.41) is 2.87. The number of aryl methyl sites for hydroxylation is 5. The molecule has 0 aliphatic rings. The van der Waals surface area contributed by atoms with Crippen LogP contribution < -0.4 is 9.50 Å². The highest BCUT2D eigenvalue weighted by Gasteiger charge is 2.20. The zero-order valence-corrected chi connectivity index (χ0v) is 18.4. The van der Waals surface area contributed by atoms with Crippen LogP contribution in [-0.4, -0.2) is 19.3 Å². The monoisotopic (exact) mass is 424 g/mol. The van der Waals surface area contributed by atoms with Gasteiger partial charge in [-0.15, -0.1) is 0 Å². The molecule has 3 aromatic rings. The zero-order chi connectivity index (χ0) is 22.1. The van der Waals surface area contributed by atoms with Crippen molar-refractivity contribution in [3.63, 3.8) is 0 Å². The molecule has 0 radical (unpaired) electrons. The number of anilines is 1. The van der Waals surface area contributed by atoms with Crippen molar-refractivity contribution < 1.29 is 17.4 Å². The predicted octanol–water partition coefficient (Wildman–Crippen LogP) is 4.64. The smallest absolute Gasteiger partial charge is 0.339 e. The second kappa shape index (κ2) is 8.28. The van der Waals surface area contributed by atoms with Gasteiger partial charge in [-0.1, -0.05) is 12.1 Å². The Morgan fingerprint density at radius 3 is 2.20 bits per heavy atom. The molecule has 156 valence electrons. The minimum absolute atomic E-state index is 0.127. The number of pyridine rings is 1. The fourth-order valence-corrected chi connectivity index (χ4v) is 4.46. The highest BCUT2D eigenvalue weighted by atomic mass is 32.2. The first kappa shape index (κ1) is 21.5. The molecule has 0 bridgehead atoms. The molecular weight excluding hydrogens is 400 g/mol. The third-order valence-electron chi connectivity index (χ3n) is 4.70. The zero-order valence-electron chi connectivity index (χ0n) is 17.6. The summed E-state index contributed by atoms with van der Waals surface area (Å²) in [6.45, 7) is 9.18. The molecule has 1 N–H and O–H groups in total. The molecule has 0 saturated heterocycles. The van der Waals surface area contributed by atoms with Gasteiger partial charge in [-0.05, 0) is 87.7 Å². The first-order valence-corrected chi connectivity index (χ1v) is 10.9. The SMILES string of the molecule is Cc1ccc(C)c(S(=O)(=O)Oc2ccc(C(=O)Nc3c(C)cc(C)nc3C)cc2)c1. The molecule has 0 atom stereocenters. The molecule has 2 aromatic carbocycles. The van der Waals surface area contributed by atoms with Gasteiger partial charge >= 0.3 is 10.1 Å². The molecule has 0 aliphatic carbocycles. The summed E-state index contributed by atoms with van der Waals surface area (Å²) in [4.78, 5) is 17.1. The van der Waals surface area contributed by atoms with Gasteiger partial charge in [0, 0.05) is 11.3 Å². The van der Waals surface area contributed by atoms with Crippen molar-refractivity contribution in [3.05, 3.63) is 82.2 Å². The molecule has 30 heavy (non-hydrogen) atoms. The van der Waals surface area contributed by atoms with Gasteiger partial charge in [-0.3, -0.25) is 9.78 Å². The van der Waals surface area contributed by atoms with E-state index in [1.807, 2.05) is 39.8 Å². The fourth-order valence-electron chi connectivity index (χ4n) is 3.21. The summed E-state index contributed by atoms with van der Waals surface area (Å²) in [5.41, 5.74) is 5.03. The Hall–Kier alpha value is -3.19. The van der Waals surface area contributed by atoms with Crippen molar-refractivity contribution in [2.45, 2.75) is 39.5 Å². The maximum atomic E-state index is 12.6.